The standard InChI is InChI=1S/C15H20N8O/c1-8(2)11-19-14(24-22-11)9-3-5-23(6-4-9)13-10-12(18-7-17-10)20-15(16)21-13/h7-9H,3-6H2,1-2H3,(H3,16,17,18,20,21). The largest absolute Gasteiger partial charge is 0.368 e. The average Bonchev–Trinajstić information content (AvgIpc) is 3.23. The molecule has 1 saturated heterocycles. The van der Waals surface area contributed by atoms with Gasteiger partial charge in [-0.3, -0.25) is 0 Å². The molecule has 1 aliphatic rings. The third-order valence-corrected chi connectivity index (χ3v) is 4.40. The van der Waals surface area contributed by atoms with E-state index in [9.17, 15) is 0 Å². The third kappa shape index (κ3) is 2.55. The maximum Gasteiger partial charge on any atom is 0.229 e. The van der Waals surface area contributed by atoms with E-state index in [0.717, 1.165) is 49.0 Å². The van der Waals surface area contributed by atoms with E-state index < -0.39 is 0 Å². The fourth-order valence-corrected chi connectivity index (χ4v) is 3.05. The predicted octanol–water partition coefficient (Wildman–Crippen LogP) is 1.83. The number of nitrogens with zero attached hydrogens (tertiary/aromatic N) is 6. The lowest BCUT2D eigenvalue weighted by atomic mass is 9.96. The van der Waals surface area contributed by atoms with Crippen molar-refractivity contribution in [1.82, 2.24) is 30.1 Å². The van der Waals surface area contributed by atoms with Crippen molar-refractivity contribution in [3.8, 4) is 0 Å². The molecule has 3 aromatic rings. The van der Waals surface area contributed by atoms with Gasteiger partial charge in [0.25, 0.3) is 0 Å². The van der Waals surface area contributed by atoms with Crippen molar-refractivity contribution in [2.75, 3.05) is 23.7 Å². The predicted molar refractivity (Wildman–Crippen MR) is 88.7 cm³/mol. The van der Waals surface area contributed by atoms with Crippen LogP contribution in [0.3, 0.4) is 0 Å². The molecular weight excluding hydrogens is 308 g/mol. The monoisotopic (exact) mass is 328 g/mol. The lowest BCUT2D eigenvalue weighted by molar-refractivity contribution is 0.326. The fourth-order valence-electron chi connectivity index (χ4n) is 3.05. The molecule has 4 heterocycles. The van der Waals surface area contributed by atoms with Crippen LogP contribution >= 0.6 is 0 Å². The minimum absolute atomic E-state index is 0.241. The highest BCUT2D eigenvalue weighted by molar-refractivity contribution is 5.84. The molecule has 0 unspecified atom stereocenters. The normalized spacial score (nSPS) is 16.4. The van der Waals surface area contributed by atoms with Gasteiger partial charge in [0.05, 0.1) is 6.33 Å². The first-order valence-electron chi connectivity index (χ1n) is 8.17. The summed E-state index contributed by atoms with van der Waals surface area (Å²) in [5.41, 5.74) is 7.22. The van der Waals surface area contributed by atoms with Gasteiger partial charge >= 0.3 is 0 Å². The van der Waals surface area contributed by atoms with Gasteiger partial charge in [-0.1, -0.05) is 19.0 Å². The van der Waals surface area contributed by atoms with Crippen molar-refractivity contribution >= 4 is 22.9 Å². The molecule has 0 radical (unpaired) electrons. The summed E-state index contributed by atoms with van der Waals surface area (Å²) in [6, 6.07) is 0. The number of aromatic amines is 1. The molecule has 0 amide bonds. The smallest absolute Gasteiger partial charge is 0.229 e. The number of aromatic nitrogens is 6. The van der Waals surface area contributed by atoms with Crippen molar-refractivity contribution in [3.63, 3.8) is 0 Å². The van der Waals surface area contributed by atoms with E-state index in [2.05, 4.69) is 48.8 Å². The molecule has 24 heavy (non-hydrogen) atoms. The second-order valence-corrected chi connectivity index (χ2v) is 6.41. The van der Waals surface area contributed by atoms with Crippen LogP contribution in [-0.2, 0) is 0 Å². The van der Waals surface area contributed by atoms with Crippen LogP contribution in [0.25, 0.3) is 11.2 Å². The van der Waals surface area contributed by atoms with Crippen LogP contribution in [0.4, 0.5) is 11.8 Å². The summed E-state index contributed by atoms with van der Waals surface area (Å²) in [6.07, 6.45) is 3.47. The summed E-state index contributed by atoms with van der Waals surface area (Å²) < 4.78 is 5.44. The highest BCUT2D eigenvalue weighted by atomic mass is 16.5. The number of nitrogens with one attached hydrogen (secondary N) is 1. The average molecular weight is 328 g/mol. The third-order valence-electron chi connectivity index (χ3n) is 4.40. The zero-order valence-electron chi connectivity index (χ0n) is 13.7. The molecule has 1 fully saturated rings. The van der Waals surface area contributed by atoms with E-state index >= 15 is 0 Å². The zero-order chi connectivity index (χ0) is 16.7. The molecular formula is C15H20N8O. The molecule has 4 rings (SSSR count). The van der Waals surface area contributed by atoms with Crippen molar-refractivity contribution in [3.05, 3.63) is 18.0 Å². The fraction of sp³-hybridized carbons (Fsp3) is 0.533. The molecule has 0 saturated carbocycles. The molecule has 0 spiro atoms. The number of imidazole rings is 1. The number of hydrogen-bond donors (Lipinski definition) is 2. The topological polar surface area (TPSA) is 123 Å². The maximum atomic E-state index is 5.80. The molecule has 9 heteroatoms. The van der Waals surface area contributed by atoms with Gasteiger partial charge in [0.1, 0.15) is 5.52 Å². The molecule has 0 bridgehead atoms. The first-order valence-corrected chi connectivity index (χ1v) is 8.17. The van der Waals surface area contributed by atoms with Crippen LogP contribution in [0.5, 0.6) is 0 Å². The molecule has 3 N–H and O–H groups in total. The van der Waals surface area contributed by atoms with Gasteiger partial charge in [-0.25, -0.2) is 4.98 Å². The van der Waals surface area contributed by atoms with E-state index in [-0.39, 0.29) is 17.8 Å². The Bertz CT molecular complexity index is 846. The summed E-state index contributed by atoms with van der Waals surface area (Å²) in [7, 11) is 0. The van der Waals surface area contributed by atoms with Crippen LogP contribution < -0.4 is 10.6 Å². The lowest BCUT2D eigenvalue weighted by Crippen LogP contribution is -2.34. The summed E-state index contributed by atoms with van der Waals surface area (Å²) in [5.74, 6) is 3.13. The number of rotatable bonds is 3. The molecule has 0 aromatic carbocycles. The Morgan fingerprint density at radius 2 is 2.04 bits per heavy atom. The van der Waals surface area contributed by atoms with Gasteiger partial charge < -0.3 is 20.1 Å². The van der Waals surface area contributed by atoms with Crippen molar-refractivity contribution in [1.29, 1.82) is 0 Å². The van der Waals surface area contributed by atoms with E-state index in [4.69, 9.17) is 10.3 Å². The molecule has 1 aliphatic heterocycles. The quantitative estimate of drug-likeness (QED) is 0.746. The number of nitrogen functional groups attached to an aromatic ring is 1. The Balaban J connectivity index is 1.52. The Morgan fingerprint density at radius 3 is 2.75 bits per heavy atom. The Labute approximate surface area is 138 Å². The minimum Gasteiger partial charge on any atom is -0.368 e. The van der Waals surface area contributed by atoms with Gasteiger partial charge in [-0.2, -0.15) is 15.0 Å². The first kappa shape index (κ1) is 14.9. The Morgan fingerprint density at radius 1 is 1.25 bits per heavy atom. The van der Waals surface area contributed by atoms with E-state index in [0.29, 0.717) is 5.65 Å². The number of nitrogens with two attached hydrogens (primary N) is 1. The van der Waals surface area contributed by atoms with Gasteiger partial charge in [-0.15, -0.1) is 0 Å². The lowest BCUT2D eigenvalue weighted by Gasteiger charge is -2.31. The number of anilines is 2. The number of H-pyrrole nitrogens is 1. The van der Waals surface area contributed by atoms with Gasteiger partial charge in [0, 0.05) is 24.9 Å². The van der Waals surface area contributed by atoms with Crippen LogP contribution in [0.1, 0.15) is 50.2 Å². The van der Waals surface area contributed by atoms with Crippen molar-refractivity contribution in [2.24, 2.45) is 0 Å². The van der Waals surface area contributed by atoms with E-state index in [1.54, 1.807) is 6.33 Å². The van der Waals surface area contributed by atoms with Crippen LogP contribution in [0, 0.1) is 0 Å². The second-order valence-electron chi connectivity index (χ2n) is 6.41. The number of fused-ring (bicyclic) bond motifs is 1. The Hall–Kier alpha value is -2.71. The number of piperidine rings is 1. The van der Waals surface area contributed by atoms with Crippen molar-refractivity contribution in [2.45, 2.75) is 38.5 Å². The minimum atomic E-state index is 0.241. The van der Waals surface area contributed by atoms with Crippen LogP contribution in [0.15, 0.2) is 10.9 Å². The Kier molecular flexibility index (Phi) is 3.55. The summed E-state index contributed by atoms with van der Waals surface area (Å²) in [4.78, 5) is 22.5. The first-order chi connectivity index (χ1) is 11.6. The van der Waals surface area contributed by atoms with E-state index in [1.165, 1.54) is 0 Å². The maximum absolute atomic E-state index is 5.80. The summed E-state index contributed by atoms with van der Waals surface area (Å²) in [5, 5.41) is 4.06. The van der Waals surface area contributed by atoms with Crippen LogP contribution in [0.2, 0.25) is 0 Å². The number of hydrogen-bond acceptors (Lipinski definition) is 8. The summed E-state index contributed by atoms with van der Waals surface area (Å²) in [6.45, 7) is 5.81. The van der Waals surface area contributed by atoms with Gasteiger partial charge in [-0.05, 0) is 12.8 Å². The zero-order valence-corrected chi connectivity index (χ0v) is 13.7. The SMILES string of the molecule is CC(C)c1noc(C2CCN(c3nc(N)nc4nc[nH]c34)CC2)n1. The highest BCUT2D eigenvalue weighted by Gasteiger charge is 2.27. The molecule has 0 atom stereocenters. The van der Waals surface area contributed by atoms with Crippen LogP contribution in [-0.4, -0.2) is 43.2 Å². The second kappa shape index (κ2) is 5.73. The highest BCUT2D eigenvalue weighted by Crippen LogP contribution is 2.31. The van der Waals surface area contributed by atoms with Gasteiger partial charge in [0.15, 0.2) is 17.3 Å². The molecule has 126 valence electrons. The van der Waals surface area contributed by atoms with E-state index in [1.807, 2.05) is 0 Å². The molecule has 0 aliphatic carbocycles. The van der Waals surface area contributed by atoms with Crippen molar-refractivity contribution < 1.29 is 4.52 Å². The summed E-state index contributed by atoms with van der Waals surface area (Å²) >= 11 is 0. The molecule has 3 aromatic heterocycles. The molecule has 9 nitrogen and oxygen atoms in total. The van der Waals surface area contributed by atoms with Gasteiger partial charge in [0.2, 0.25) is 11.8 Å².